The van der Waals surface area contributed by atoms with Crippen LogP contribution in [0.2, 0.25) is 0 Å². The molecule has 0 spiro atoms. The number of nitrogens with zero attached hydrogens (tertiary/aromatic N) is 2. The van der Waals surface area contributed by atoms with Gasteiger partial charge in [0.25, 0.3) is 0 Å². The Balaban J connectivity index is 1.76. The molecule has 0 aliphatic rings. The van der Waals surface area contributed by atoms with Gasteiger partial charge in [-0.2, -0.15) is 4.98 Å². The first-order valence-corrected chi connectivity index (χ1v) is 7.54. The standard InChI is InChI=1S/C15H16FN3OS/c1-10(11-3-5-12(16)6-4-11)17-9-13-14(20-2)18-15-19(13)7-8-21-15/h3-8,10,17H,9H2,1-2H3/t10-/m1/s1. The molecule has 2 aromatic heterocycles. The molecule has 2 heterocycles. The maximum Gasteiger partial charge on any atom is 0.237 e. The van der Waals surface area contributed by atoms with E-state index in [0.717, 1.165) is 16.2 Å². The number of fused-ring (bicyclic) bond motifs is 1. The van der Waals surface area contributed by atoms with E-state index in [1.165, 1.54) is 12.1 Å². The molecular formula is C15H16FN3OS. The highest BCUT2D eigenvalue weighted by molar-refractivity contribution is 7.15. The normalized spacial score (nSPS) is 12.7. The summed E-state index contributed by atoms with van der Waals surface area (Å²) in [7, 11) is 1.62. The van der Waals surface area contributed by atoms with Gasteiger partial charge in [0, 0.05) is 24.2 Å². The summed E-state index contributed by atoms with van der Waals surface area (Å²) >= 11 is 1.57. The van der Waals surface area contributed by atoms with Gasteiger partial charge in [-0.25, -0.2) is 4.39 Å². The van der Waals surface area contributed by atoms with Crippen molar-refractivity contribution in [2.24, 2.45) is 0 Å². The van der Waals surface area contributed by atoms with Gasteiger partial charge in [0.1, 0.15) is 11.5 Å². The van der Waals surface area contributed by atoms with Gasteiger partial charge in [-0.3, -0.25) is 4.40 Å². The van der Waals surface area contributed by atoms with Gasteiger partial charge in [-0.1, -0.05) is 12.1 Å². The van der Waals surface area contributed by atoms with Crippen molar-refractivity contribution in [3.8, 4) is 5.88 Å². The van der Waals surface area contributed by atoms with Crippen LogP contribution in [0.25, 0.3) is 4.96 Å². The van der Waals surface area contributed by atoms with Crippen LogP contribution in [0.1, 0.15) is 24.2 Å². The Kier molecular flexibility index (Phi) is 3.90. The lowest BCUT2D eigenvalue weighted by molar-refractivity contribution is 0.391. The van der Waals surface area contributed by atoms with Crippen molar-refractivity contribution in [1.29, 1.82) is 0 Å². The summed E-state index contributed by atoms with van der Waals surface area (Å²) in [5, 5.41) is 5.41. The smallest absolute Gasteiger partial charge is 0.237 e. The summed E-state index contributed by atoms with van der Waals surface area (Å²) in [6.45, 7) is 2.67. The molecule has 0 aliphatic heterocycles. The van der Waals surface area contributed by atoms with Gasteiger partial charge < -0.3 is 10.1 Å². The first-order valence-electron chi connectivity index (χ1n) is 6.66. The molecule has 0 amide bonds. The van der Waals surface area contributed by atoms with Crippen molar-refractivity contribution < 1.29 is 9.13 Å². The average Bonchev–Trinajstić information content (AvgIpc) is 3.06. The minimum atomic E-state index is -0.219. The van der Waals surface area contributed by atoms with Gasteiger partial charge in [0.05, 0.1) is 7.11 Å². The van der Waals surface area contributed by atoms with E-state index in [1.807, 2.05) is 22.9 Å². The lowest BCUT2D eigenvalue weighted by Gasteiger charge is -2.14. The van der Waals surface area contributed by atoms with E-state index in [4.69, 9.17) is 4.74 Å². The Morgan fingerprint density at radius 3 is 2.86 bits per heavy atom. The third-order valence-electron chi connectivity index (χ3n) is 3.46. The van der Waals surface area contributed by atoms with Crippen molar-refractivity contribution in [3.05, 3.63) is 52.9 Å². The number of hydrogen-bond donors (Lipinski definition) is 1. The lowest BCUT2D eigenvalue weighted by Crippen LogP contribution is -2.19. The van der Waals surface area contributed by atoms with Crippen LogP contribution >= 0.6 is 11.3 Å². The lowest BCUT2D eigenvalue weighted by atomic mass is 10.1. The zero-order valence-electron chi connectivity index (χ0n) is 11.8. The molecule has 0 radical (unpaired) electrons. The number of methoxy groups -OCH3 is 1. The van der Waals surface area contributed by atoms with Gasteiger partial charge in [0.15, 0.2) is 4.96 Å². The van der Waals surface area contributed by atoms with Crippen LogP contribution < -0.4 is 10.1 Å². The molecule has 110 valence electrons. The summed E-state index contributed by atoms with van der Waals surface area (Å²) in [5.41, 5.74) is 2.03. The highest BCUT2D eigenvalue weighted by Crippen LogP contribution is 2.24. The highest BCUT2D eigenvalue weighted by atomic mass is 32.1. The van der Waals surface area contributed by atoms with Crippen LogP contribution in [0.3, 0.4) is 0 Å². The van der Waals surface area contributed by atoms with Crippen LogP contribution in [0.5, 0.6) is 5.88 Å². The summed E-state index contributed by atoms with van der Waals surface area (Å²) < 4.78 is 20.3. The molecule has 0 saturated heterocycles. The molecule has 0 saturated carbocycles. The number of imidazole rings is 1. The van der Waals surface area contributed by atoms with Crippen molar-refractivity contribution in [3.63, 3.8) is 0 Å². The Labute approximate surface area is 126 Å². The molecule has 4 nitrogen and oxygen atoms in total. The number of rotatable bonds is 5. The minimum absolute atomic E-state index is 0.111. The number of halogens is 1. The molecule has 0 bridgehead atoms. The Hall–Kier alpha value is -1.92. The van der Waals surface area contributed by atoms with Crippen molar-refractivity contribution in [2.75, 3.05) is 7.11 Å². The van der Waals surface area contributed by atoms with Crippen LogP contribution in [0.4, 0.5) is 4.39 Å². The molecular weight excluding hydrogens is 289 g/mol. The Morgan fingerprint density at radius 1 is 1.38 bits per heavy atom. The van der Waals surface area contributed by atoms with E-state index in [-0.39, 0.29) is 11.9 Å². The summed E-state index contributed by atoms with van der Waals surface area (Å²) in [4.78, 5) is 5.34. The zero-order valence-corrected chi connectivity index (χ0v) is 12.7. The fourth-order valence-electron chi connectivity index (χ4n) is 2.26. The van der Waals surface area contributed by atoms with E-state index in [0.29, 0.717) is 12.4 Å². The van der Waals surface area contributed by atoms with E-state index < -0.39 is 0 Å². The number of benzene rings is 1. The second-order valence-electron chi connectivity index (χ2n) is 4.78. The molecule has 0 aliphatic carbocycles. The third-order valence-corrected chi connectivity index (χ3v) is 4.22. The van der Waals surface area contributed by atoms with E-state index >= 15 is 0 Å². The van der Waals surface area contributed by atoms with E-state index in [1.54, 1.807) is 30.6 Å². The van der Waals surface area contributed by atoms with Gasteiger partial charge in [0.2, 0.25) is 5.88 Å². The predicted octanol–water partition coefficient (Wildman–Crippen LogP) is 3.39. The maximum absolute atomic E-state index is 12.9. The fourth-order valence-corrected chi connectivity index (χ4v) is 2.98. The summed E-state index contributed by atoms with van der Waals surface area (Å²) in [6, 6.07) is 6.65. The first kappa shape index (κ1) is 14.0. The molecule has 0 unspecified atom stereocenters. The summed E-state index contributed by atoms with van der Waals surface area (Å²) in [5.74, 6) is 0.420. The van der Waals surface area contributed by atoms with Crippen LogP contribution in [0.15, 0.2) is 35.8 Å². The molecule has 3 rings (SSSR count). The number of thiazole rings is 1. The largest absolute Gasteiger partial charge is 0.480 e. The molecule has 1 atom stereocenters. The third kappa shape index (κ3) is 2.77. The number of nitrogens with one attached hydrogen (secondary N) is 1. The summed E-state index contributed by atoms with van der Waals surface area (Å²) in [6.07, 6.45) is 1.98. The van der Waals surface area contributed by atoms with Crippen LogP contribution in [-0.2, 0) is 6.54 Å². The van der Waals surface area contributed by atoms with E-state index in [9.17, 15) is 4.39 Å². The highest BCUT2D eigenvalue weighted by Gasteiger charge is 2.14. The zero-order chi connectivity index (χ0) is 14.8. The fraction of sp³-hybridized carbons (Fsp3) is 0.267. The Morgan fingerprint density at radius 2 is 2.14 bits per heavy atom. The molecule has 6 heteroatoms. The molecule has 21 heavy (non-hydrogen) atoms. The van der Waals surface area contributed by atoms with Crippen molar-refractivity contribution in [2.45, 2.75) is 19.5 Å². The SMILES string of the molecule is COc1nc2sccn2c1CN[C@H](C)c1ccc(F)cc1. The van der Waals surface area contributed by atoms with Gasteiger partial charge >= 0.3 is 0 Å². The minimum Gasteiger partial charge on any atom is -0.480 e. The second-order valence-corrected chi connectivity index (χ2v) is 5.65. The van der Waals surface area contributed by atoms with Crippen LogP contribution in [-0.4, -0.2) is 16.5 Å². The second kappa shape index (κ2) is 5.83. The molecule has 1 aromatic carbocycles. The van der Waals surface area contributed by atoms with Gasteiger partial charge in [-0.05, 0) is 24.6 Å². The van der Waals surface area contributed by atoms with Crippen molar-refractivity contribution in [1.82, 2.24) is 14.7 Å². The number of hydrogen-bond acceptors (Lipinski definition) is 4. The van der Waals surface area contributed by atoms with E-state index in [2.05, 4.69) is 10.3 Å². The van der Waals surface area contributed by atoms with Crippen molar-refractivity contribution >= 4 is 16.3 Å². The monoisotopic (exact) mass is 305 g/mol. The predicted molar refractivity (Wildman–Crippen MR) is 81.3 cm³/mol. The molecule has 1 N–H and O–H groups in total. The molecule has 0 fully saturated rings. The first-order chi connectivity index (χ1) is 10.2. The topological polar surface area (TPSA) is 38.6 Å². The Bertz CT molecular complexity index is 735. The maximum atomic E-state index is 12.9. The van der Waals surface area contributed by atoms with Gasteiger partial charge in [-0.15, -0.1) is 11.3 Å². The quantitative estimate of drug-likeness (QED) is 0.785. The number of ether oxygens (including phenoxy) is 1. The number of aromatic nitrogens is 2. The van der Waals surface area contributed by atoms with Crippen LogP contribution in [0, 0.1) is 5.82 Å². The molecule has 3 aromatic rings. The average molecular weight is 305 g/mol.